The number of anilines is 1. The maximum absolute atomic E-state index is 13.8. The van der Waals surface area contributed by atoms with Gasteiger partial charge in [0.2, 0.25) is 10.0 Å². The van der Waals surface area contributed by atoms with Gasteiger partial charge in [0.1, 0.15) is 5.75 Å². The topological polar surface area (TPSA) is 79.8 Å². The summed E-state index contributed by atoms with van der Waals surface area (Å²) in [5, 5.41) is 4.99. The molecule has 0 spiro atoms. The summed E-state index contributed by atoms with van der Waals surface area (Å²) < 4.78 is 36.9. The predicted molar refractivity (Wildman–Crippen MR) is 161 cm³/mol. The lowest BCUT2D eigenvalue weighted by atomic mass is 9.76. The van der Waals surface area contributed by atoms with Crippen LogP contribution in [0.1, 0.15) is 74.9 Å². The molecule has 0 radical (unpaired) electrons. The first-order valence-corrected chi connectivity index (χ1v) is 15.6. The third-order valence-electron chi connectivity index (χ3n) is 9.74. The number of aryl methyl sites for hydroxylation is 1. The normalized spacial score (nSPS) is 21.8. The number of fused-ring (bicyclic) bond motifs is 4. The van der Waals surface area contributed by atoms with E-state index in [1.807, 2.05) is 12.1 Å². The van der Waals surface area contributed by atoms with Gasteiger partial charge in [-0.25, -0.2) is 13.1 Å². The van der Waals surface area contributed by atoms with E-state index in [-0.39, 0.29) is 27.8 Å². The molecule has 6 nitrogen and oxygen atoms in total. The fourth-order valence-corrected chi connectivity index (χ4v) is 7.48. The monoisotopic (exact) mass is 557 g/mol. The van der Waals surface area contributed by atoms with E-state index in [0.717, 1.165) is 50.7 Å². The van der Waals surface area contributed by atoms with Gasteiger partial charge >= 0.3 is 0 Å². The van der Waals surface area contributed by atoms with Gasteiger partial charge in [-0.15, -0.1) is 0 Å². The molecule has 3 aliphatic rings. The summed E-state index contributed by atoms with van der Waals surface area (Å²) in [6.07, 6.45) is 0.720. The molecule has 2 N–H and O–H groups in total. The van der Waals surface area contributed by atoms with Crippen LogP contribution >= 0.6 is 0 Å². The van der Waals surface area contributed by atoms with E-state index in [1.54, 1.807) is 0 Å². The summed E-state index contributed by atoms with van der Waals surface area (Å²) in [4.78, 5) is 5.11. The average molecular weight is 558 g/mol. The standard InChI is InChI=1S/C33H39N3O3S/c1-17-12-10-11-13-22(17)26-23-14-21-16-32(5,6)19(3)35-28(21)31(40(37,38)34-9)30(23)39-29-18(2)27-25(15-24(26)29)33(7,8)20(4)36-27/h10-15,19-20,34,36H,16H2,1-9H3. The summed E-state index contributed by atoms with van der Waals surface area (Å²) in [7, 11) is -2.46. The molecule has 2 atom stereocenters. The molecule has 0 amide bonds. The Morgan fingerprint density at radius 1 is 1.02 bits per heavy atom. The van der Waals surface area contributed by atoms with Gasteiger partial charge < -0.3 is 10.1 Å². The molecule has 0 fully saturated rings. The highest BCUT2D eigenvalue weighted by Crippen LogP contribution is 2.51. The van der Waals surface area contributed by atoms with Crippen molar-refractivity contribution in [2.45, 2.75) is 84.2 Å². The van der Waals surface area contributed by atoms with Crippen molar-refractivity contribution in [1.82, 2.24) is 4.72 Å². The van der Waals surface area contributed by atoms with Gasteiger partial charge in [-0.2, -0.15) is 0 Å². The number of ether oxygens (including phenoxy) is 1. The minimum absolute atomic E-state index is 0.0440. The van der Waals surface area contributed by atoms with Gasteiger partial charge in [-0.3, -0.25) is 4.99 Å². The van der Waals surface area contributed by atoms with E-state index >= 15 is 0 Å². The summed E-state index contributed by atoms with van der Waals surface area (Å²) >= 11 is 0. The van der Waals surface area contributed by atoms with Crippen LogP contribution in [0.25, 0.3) is 5.57 Å². The number of hydrogen-bond donors (Lipinski definition) is 2. The summed E-state index contributed by atoms with van der Waals surface area (Å²) in [6, 6.07) is 12.9. The van der Waals surface area contributed by atoms with Crippen LogP contribution in [0, 0.1) is 19.3 Å². The second kappa shape index (κ2) is 8.67. The minimum Gasteiger partial charge on any atom is -0.454 e. The van der Waals surface area contributed by atoms with E-state index in [1.165, 1.54) is 12.6 Å². The van der Waals surface area contributed by atoms with Crippen molar-refractivity contribution in [3.8, 4) is 11.5 Å². The molecule has 3 aromatic carbocycles. The molecule has 3 aromatic rings. The zero-order chi connectivity index (χ0) is 28.9. The van der Waals surface area contributed by atoms with Crippen LogP contribution in [0.4, 0.5) is 5.69 Å². The maximum atomic E-state index is 13.8. The van der Waals surface area contributed by atoms with Crippen LogP contribution in [0.15, 0.2) is 46.3 Å². The molecule has 6 rings (SSSR count). The molecule has 0 aliphatic carbocycles. The van der Waals surface area contributed by atoms with Gasteiger partial charge in [-0.05, 0) is 81.0 Å². The average Bonchev–Trinajstić information content (AvgIpc) is 3.11. The Kier molecular flexibility index (Phi) is 5.86. The third kappa shape index (κ3) is 3.70. The molecule has 7 heteroatoms. The molecule has 3 aliphatic heterocycles. The summed E-state index contributed by atoms with van der Waals surface area (Å²) in [5.74, 6) is 1.04. The zero-order valence-electron chi connectivity index (χ0n) is 24.9. The number of hydrogen-bond acceptors (Lipinski definition) is 5. The molecule has 0 bridgehead atoms. The van der Waals surface area contributed by atoms with Crippen LogP contribution in [0.3, 0.4) is 0 Å². The minimum atomic E-state index is -3.91. The van der Waals surface area contributed by atoms with Crippen LogP contribution in [-0.2, 0) is 21.9 Å². The molecular weight excluding hydrogens is 518 g/mol. The van der Waals surface area contributed by atoms with E-state index in [9.17, 15) is 8.42 Å². The fraction of sp³-hybridized carbons (Fsp3) is 0.424. The Morgan fingerprint density at radius 2 is 1.73 bits per heavy atom. The number of nitrogens with zero attached hydrogens (tertiary/aromatic N) is 1. The van der Waals surface area contributed by atoms with Crippen molar-refractivity contribution in [3.63, 3.8) is 0 Å². The van der Waals surface area contributed by atoms with Gasteiger partial charge in [0, 0.05) is 39.1 Å². The van der Waals surface area contributed by atoms with Crippen LogP contribution < -0.4 is 25.4 Å². The van der Waals surface area contributed by atoms with Crippen LogP contribution in [-0.4, -0.2) is 27.5 Å². The van der Waals surface area contributed by atoms with E-state index in [0.29, 0.717) is 16.9 Å². The molecule has 210 valence electrons. The smallest absolute Gasteiger partial charge is 0.246 e. The second-order valence-corrected chi connectivity index (χ2v) is 14.8. The predicted octanol–water partition coefficient (Wildman–Crippen LogP) is 5.25. The SMILES string of the molecule is CNS(=O)(=O)c1c2c(cc3c1=NC(C)C(C)(C)C3)=C(c1ccccc1C)c1cc3c(c(C)c1O2)NC(C)C3(C)C. The van der Waals surface area contributed by atoms with E-state index in [4.69, 9.17) is 9.73 Å². The molecule has 0 saturated carbocycles. The Hall–Kier alpha value is -3.16. The van der Waals surface area contributed by atoms with Crippen molar-refractivity contribution in [3.05, 3.63) is 80.4 Å². The van der Waals surface area contributed by atoms with Crippen molar-refractivity contribution in [2.75, 3.05) is 12.4 Å². The van der Waals surface area contributed by atoms with Gasteiger partial charge in [0.25, 0.3) is 0 Å². The summed E-state index contributed by atoms with van der Waals surface area (Å²) in [6.45, 7) is 17.4. The zero-order valence-corrected chi connectivity index (χ0v) is 25.7. The van der Waals surface area contributed by atoms with Crippen LogP contribution in [0.5, 0.6) is 11.5 Å². The van der Waals surface area contributed by atoms with Gasteiger partial charge in [0.05, 0.1) is 11.4 Å². The molecule has 0 saturated heterocycles. The van der Waals surface area contributed by atoms with Crippen molar-refractivity contribution >= 4 is 21.3 Å². The van der Waals surface area contributed by atoms with Gasteiger partial charge in [0.15, 0.2) is 10.6 Å². The largest absolute Gasteiger partial charge is 0.454 e. The Balaban J connectivity index is 1.85. The number of sulfonamides is 1. The fourth-order valence-electron chi connectivity index (χ4n) is 6.44. The lowest BCUT2D eigenvalue weighted by Crippen LogP contribution is -2.41. The van der Waals surface area contributed by atoms with Crippen molar-refractivity contribution in [1.29, 1.82) is 0 Å². The Morgan fingerprint density at radius 3 is 2.40 bits per heavy atom. The second-order valence-electron chi connectivity index (χ2n) is 12.9. The van der Waals surface area contributed by atoms with Crippen molar-refractivity contribution < 1.29 is 13.2 Å². The highest BCUT2D eigenvalue weighted by Gasteiger charge is 2.41. The molecular formula is C33H39N3O3S. The van der Waals surface area contributed by atoms with Crippen molar-refractivity contribution in [2.24, 2.45) is 10.4 Å². The molecule has 2 unspecified atom stereocenters. The lowest BCUT2D eigenvalue weighted by Gasteiger charge is -2.34. The Labute approximate surface area is 237 Å². The molecule has 0 aromatic heterocycles. The van der Waals surface area contributed by atoms with Crippen LogP contribution in [0.2, 0.25) is 0 Å². The first-order valence-electron chi connectivity index (χ1n) is 14.1. The first-order chi connectivity index (χ1) is 18.7. The number of rotatable bonds is 3. The van der Waals surface area contributed by atoms with Gasteiger partial charge in [-0.1, -0.05) is 52.0 Å². The maximum Gasteiger partial charge on any atom is 0.246 e. The summed E-state index contributed by atoms with van der Waals surface area (Å²) in [5.41, 5.74) is 8.23. The highest BCUT2D eigenvalue weighted by atomic mass is 32.2. The number of nitrogens with one attached hydrogen (secondary N) is 2. The first kappa shape index (κ1) is 27.0. The number of benzene rings is 3. The quantitative estimate of drug-likeness (QED) is 0.361. The molecule has 3 heterocycles. The lowest BCUT2D eigenvalue weighted by molar-refractivity contribution is 0.281. The highest BCUT2D eigenvalue weighted by molar-refractivity contribution is 7.89. The van der Waals surface area contributed by atoms with E-state index < -0.39 is 10.0 Å². The molecule has 40 heavy (non-hydrogen) atoms. The Bertz CT molecular complexity index is 1840. The third-order valence-corrected chi connectivity index (χ3v) is 11.2. The van der Waals surface area contributed by atoms with E-state index in [2.05, 4.69) is 89.7 Å².